The van der Waals surface area contributed by atoms with Gasteiger partial charge < -0.3 is 14.0 Å². The summed E-state index contributed by atoms with van der Waals surface area (Å²) in [5.74, 6) is 1.70. The molecule has 1 fully saturated rings. The van der Waals surface area contributed by atoms with Crippen LogP contribution in [0.25, 0.3) is 11.4 Å². The van der Waals surface area contributed by atoms with Gasteiger partial charge in [0.15, 0.2) is 10.6 Å². The molecular weight excluding hydrogens is 324 g/mol. The first-order chi connectivity index (χ1) is 11.6. The molecule has 0 radical (unpaired) electrons. The van der Waals surface area contributed by atoms with Gasteiger partial charge in [0.25, 0.3) is 0 Å². The highest BCUT2D eigenvalue weighted by molar-refractivity contribution is 7.71. The summed E-state index contributed by atoms with van der Waals surface area (Å²) in [6.45, 7) is 2.74. The maximum Gasteiger partial charge on any atom is 0.199 e. The lowest BCUT2D eigenvalue weighted by Gasteiger charge is -2.30. The molecule has 0 unspecified atom stereocenters. The van der Waals surface area contributed by atoms with Gasteiger partial charge in [-0.3, -0.25) is 4.90 Å². The van der Waals surface area contributed by atoms with Crippen LogP contribution in [0.5, 0.6) is 5.75 Å². The Balaban J connectivity index is 1.77. The molecule has 1 aromatic heterocycles. The van der Waals surface area contributed by atoms with E-state index in [9.17, 15) is 0 Å². The van der Waals surface area contributed by atoms with Crippen LogP contribution in [0.4, 0.5) is 0 Å². The second kappa shape index (κ2) is 7.46. The van der Waals surface area contributed by atoms with E-state index in [1.165, 1.54) is 0 Å². The first kappa shape index (κ1) is 17.1. The molecule has 1 aromatic carbocycles. The summed E-state index contributed by atoms with van der Waals surface area (Å²) in [5, 5.41) is 4.73. The van der Waals surface area contributed by atoms with Crippen LogP contribution >= 0.6 is 12.2 Å². The van der Waals surface area contributed by atoms with Crippen LogP contribution in [0, 0.1) is 4.77 Å². The Morgan fingerprint density at radius 1 is 1.17 bits per heavy atom. The van der Waals surface area contributed by atoms with Gasteiger partial charge in [0.2, 0.25) is 0 Å². The first-order valence-corrected chi connectivity index (χ1v) is 8.56. The number of hydrogen-bond acceptors (Lipinski definition) is 5. The molecule has 3 rings (SSSR count). The van der Waals surface area contributed by atoms with Gasteiger partial charge in [0, 0.05) is 32.8 Å². The zero-order valence-corrected chi connectivity index (χ0v) is 15.3. The number of ether oxygens (including phenoxy) is 2. The molecule has 130 valence electrons. The summed E-state index contributed by atoms with van der Waals surface area (Å²) in [7, 11) is 5.41. The van der Waals surface area contributed by atoms with Crippen molar-refractivity contribution in [3.63, 3.8) is 0 Å². The van der Waals surface area contributed by atoms with Crippen LogP contribution in [0.3, 0.4) is 0 Å². The number of benzene rings is 1. The molecule has 0 bridgehead atoms. The standard InChI is InChI=1S/C17H24N4O2S/c1-19-16(13-4-6-14(22-2)7-5-13)18-21(17(19)24)12-20-10-8-15(23-3)9-11-20/h4-7,15H,8-12H2,1-3H3. The van der Waals surface area contributed by atoms with Crippen LogP contribution in [0.2, 0.25) is 0 Å². The summed E-state index contributed by atoms with van der Waals surface area (Å²) in [6.07, 6.45) is 2.50. The molecule has 1 aliphatic heterocycles. The molecule has 6 nitrogen and oxygen atoms in total. The maximum absolute atomic E-state index is 5.56. The number of nitrogens with zero attached hydrogens (tertiary/aromatic N) is 4. The van der Waals surface area contributed by atoms with Crippen molar-refractivity contribution in [2.45, 2.75) is 25.6 Å². The number of rotatable bonds is 5. The molecule has 0 aliphatic carbocycles. The largest absolute Gasteiger partial charge is 0.497 e. The molecule has 7 heteroatoms. The molecule has 0 spiro atoms. The number of methoxy groups -OCH3 is 2. The molecule has 2 aromatic rings. The monoisotopic (exact) mass is 348 g/mol. The molecule has 0 amide bonds. The third kappa shape index (κ3) is 3.53. The summed E-state index contributed by atoms with van der Waals surface area (Å²) < 4.78 is 15.2. The molecule has 24 heavy (non-hydrogen) atoms. The van der Waals surface area contributed by atoms with Crippen molar-refractivity contribution in [2.24, 2.45) is 7.05 Å². The van der Waals surface area contributed by atoms with Gasteiger partial charge in [-0.25, -0.2) is 4.68 Å². The zero-order chi connectivity index (χ0) is 17.1. The van der Waals surface area contributed by atoms with E-state index < -0.39 is 0 Å². The quantitative estimate of drug-likeness (QED) is 0.778. The van der Waals surface area contributed by atoms with E-state index in [2.05, 4.69) is 4.90 Å². The van der Waals surface area contributed by atoms with Gasteiger partial charge in [-0.15, -0.1) is 0 Å². The zero-order valence-electron chi connectivity index (χ0n) is 14.4. The topological polar surface area (TPSA) is 44.4 Å². The Labute approximate surface area is 147 Å². The Kier molecular flexibility index (Phi) is 5.33. The Hall–Kier alpha value is -1.70. The maximum atomic E-state index is 5.56. The van der Waals surface area contributed by atoms with Crippen LogP contribution < -0.4 is 4.74 Å². The van der Waals surface area contributed by atoms with Crippen molar-refractivity contribution in [3.05, 3.63) is 29.0 Å². The third-order valence-corrected chi connectivity index (χ3v) is 5.08. The lowest BCUT2D eigenvalue weighted by molar-refractivity contribution is 0.0301. The van der Waals surface area contributed by atoms with Crippen molar-refractivity contribution < 1.29 is 9.47 Å². The molecular formula is C17H24N4O2S. The molecule has 1 saturated heterocycles. The van der Waals surface area contributed by atoms with Crippen molar-refractivity contribution in [3.8, 4) is 17.1 Å². The van der Waals surface area contributed by atoms with Gasteiger partial charge in [-0.2, -0.15) is 5.10 Å². The van der Waals surface area contributed by atoms with Crippen molar-refractivity contribution in [1.29, 1.82) is 0 Å². The fourth-order valence-corrected chi connectivity index (χ4v) is 3.23. The molecule has 2 heterocycles. The second-order valence-corrected chi connectivity index (χ2v) is 6.45. The van der Waals surface area contributed by atoms with Crippen LogP contribution in [-0.4, -0.2) is 52.7 Å². The Morgan fingerprint density at radius 3 is 2.42 bits per heavy atom. The lowest BCUT2D eigenvalue weighted by Crippen LogP contribution is -2.38. The fraction of sp³-hybridized carbons (Fsp3) is 0.529. The van der Waals surface area contributed by atoms with Crippen LogP contribution in [0.15, 0.2) is 24.3 Å². The number of hydrogen-bond donors (Lipinski definition) is 0. The van der Waals surface area contributed by atoms with E-state index in [0.29, 0.717) is 6.10 Å². The van der Waals surface area contributed by atoms with Gasteiger partial charge >= 0.3 is 0 Å². The minimum Gasteiger partial charge on any atom is -0.497 e. The van der Waals surface area contributed by atoms with E-state index >= 15 is 0 Å². The molecule has 0 atom stereocenters. The summed E-state index contributed by atoms with van der Waals surface area (Å²) in [5.41, 5.74) is 1.03. The fourth-order valence-electron chi connectivity index (χ4n) is 3.05. The highest BCUT2D eigenvalue weighted by Gasteiger charge is 2.20. The van der Waals surface area contributed by atoms with Gasteiger partial charge in [-0.05, 0) is 49.3 Å². The lowest BCUT2D eigenvalue weighted by atomic mass is 10.1. The van der Waals surface area contributed by atoms with E-state index in [1.807, 2.05) is 40.6 Å². The molecule has 0 saturated carbocycles. The normalized spacial score (nSPS) is 16.5. The van der Waals surface area contributed by atoms with Gasteiger partial charge in [-0.1, -0.05) is 0 Å². The van der Waals surface area contributed by atoms with Crippen LogP contribution in [-0.2, 0) is 18.5 Å². The highest BCUT2D eigenvalue weighted by atomic mass is 32.1. The number of piperidine rings is 1. The second-order valence-electron chi connectivity index (χ2n) is 6.09. The Bertz CT molecular complexity index is 730. The van der Waals surface area contributed by atoms with Gasteiger partial charge in [0.1, 0.15) is 5.75 Å². The third-order valence-electron chi connectivity index (χ3n) is 4.59. The average Bonchev–Trinajstić information content (AvgIpc) is 2.91. The minimum atomic E-state index is 0.382. The molecule has 0 N–H and O–H groups in total. The minimum absolute atomic E-state index is 0.382. The summed E-state index contributed by atoms with van der Waals surface area (Å²) >= 11 is 5.56. The average molecular weight is 348 g/mol. The highest BCUT2D eigenvalue weighted by Crippen LogP contribution is 2.21. The molecule has 1 aliphatic rings. The number of aromatic nitrogens is 3. The van der Waals surface area contributed by atoms with E-state index in [0.717, 1.165) is 54.5 Å². The van der Waals surface area contributed by atoms with Crippen molar-refractivity contribution in [2.75, 3.05) is 27.3 Å². The van der Waals surface area contributed by atoms with E-state index in [1.54, 1.807) is 14.2 Å². The van der Waals surface area contributed by atoms with Crippen LogP contribution in [0.1, 0.15) is 12.8 Å². The first-order valence-electron chi connectivity index (χ1n) is 8.15. The van der Waals surface area contributed by atoms with E-state index in [-0.39, 0.29) is 0 Å². The summed E-state index contributed by atoms with van der Waals surface area (Å²) in [4.78, 5) is 2.37. The number of likely N-dealkylation sites (tertiary alicyclic amines) is 1. The van der Waals surface area contributed by atoms with Gasteiger partial charge in [0.05, 0.1) is 19.9 Å². The smallest absolute Gasteiger partial charge is 0.199 e. The van der Waals surface area contributed by atoms with E-state index in [4.69, 9.17) is 26.8 Å². The summed E-state index contributed by atoms with van der Waals surface area (Å²) in [6, 6.07) is 7.88. The van der Waals surface area contributed by atoms with Crippen molar-refractivity contribution in [1.82, 2.24) is 19.2 Å². The van der Waals surface area contributed by atoms with Crippen molar-refractivity contribution >= 4 is 12.2 Å². The Morgan fingerprint density at radius 2 is 1.83 bits per heavy atom. The predicted molar refractivity (Wildman–Crippen MR) is 95.6 cm³/mol. The SMILES string of the molecule is COc1ccc(-c2nn(CN3CCC(OC)CC3)c(=S)n2C)cc1. The predicted octanol–water partition coefficient (Wildman–Crippen LogP) is 2.69.